The van der Waals surface area contributed by atoms with E-state index in [1.807, 2.05) is 0 Å². The molecule has 3 aromatic carbocycles. The Balaban J connectivity index is 1.97. The van der Waals surface area contributed by atoms with E-state index in [1.54, 1.807) is 0 Å². The number of benzene rings is 3. The second-order valence-corrected chi connectivity index (χ2v) is 16.0. The lowest BCUT2D eigenvalue weighted by molar-refractivity contribution is 0.392. The van der Waals surface area contributed by atoms with E-state index < -0.39 is 0 Å². The van der Waals surface area contributed by atoms with E-state index in [2.05, 4.69) is 142 Å². The molecule has 2 aromatic heterocycles. The van der Waals surface area contributed by atoms with Crippen molar-refractivity contribution in [3.8, 4) is 11.3 Å². The summed E-state index contributed by atoms with van der Waals surface area (Å²) in [5.41, 5.74) is 12.5. The van der Waals surface area contributed by atoms with Crippen molar-refractivity contribution in [3.05, 3.63) is 82.5 Å². The lowest BCUT2D eigenvalue weighted by atomic mass is 9.80. The van der Waals surface area contributed by atoms with Gasteiger partial charge in [-0.05, 0) is 86.8 Å². The highest BCUT2D eigenvalue weighted by Crippen LogP contribution is 2.42. The summed E-state index contributed by atoms with van der Waals surface area (Å²) in [5, 5.41) is 3.83. The van der Waals surface area contributed by atoms with Gasteiger partial charge in [-0.15, -0.1) is 0 Å². The molecule has 5 rings (SSSR count). The molecule has 2 heteroatoms. The highest BCUT2D eigenvalue weighted by atomic mass is 15.0. The first-order valence-corrected chi connectivity index (χ1v) is 16.1. The minimum atomic E-state index is 0.191. The van der Waals surface area contributed by atoms with Gasteiger partial charge in [-0.2, -0.15) is 0 Å². The minimum Gasteiger partial charge on any atom is -0.292 e. The van der Waals surface area contributed by atoms with Crippen LogP contribution < -0.4 is 0 Å². The van der Waals surface area contributed by atoms with Crippen LogP contribution in [0.15, 0.2) is 54.7 Å². The van der Waals surface area contributed by atoms with Gasteiger partial charge in [0.15, 0.2) is 0 Å². The topological polar surface area (TPSA) is 17.3 Å². The first-order valence-electron chi connectivity index (χ1n) is 16.1. The van der Waals surface area contributed by atoms with Crippen LogP contribution in [0.2, 0.25) is 0 Å². The number of hydrogen-bond donors (Lipinski definition) is 0. The predicted molar refractivity (Wildman–Crippen MR) is 184 cm³/mol. The molecule has 0 aliphatic carbocycles. The zero-order chi connectivity index (χ0) is 30.7. The van der Waals surface area contributed by atoms with Crippen molar-refractivity contribution in [2.24, 2.45) is 10.8 Å². The van der Waals surface area contributed by atoms with Gasteiger partial charge in [0.2, 0.25) is 0 Å². The summed E-state index contributed by atoms with van der Waals surface area (Å²) in [6.07, 6.45) is 4.25. The first kappa shape index (κ1) is 30.3. The summed E-state index contributed by atoms with van der Waals surface area (Å²) in [5.74, 6) is 1.30. The van der Waals surface area contributed by atoms with Crippen molar-refractivity contribution >= 4 is 27.3 Å². The van der Waals surface area contributed by atoms with E-state index in [-0.39, 0.29) is 10.8 Å². The Labute approximate surface area is 254 Å². The van der Waals surface area contributed by atoms with Gasteiger partial charge in [0.1, 0.15) is 5.65 Å². The highest BCUT2D eigenvalue weighted by molar-refractivity contribution is 6.12. The Morgan fingerprint density at radius 3 is 1.67 bits per heavy atom. The fraction of sp³-hybridized carbons (Fsp3) is 0.475. The Hall–Kier alpha value is -3.13. The number of imidazole rings is 1. The molecule has 5 aromatic rings. The summed E-state index contributed by atoms with van der Waals surface area (Å²) in [6.45, 7) is 28.1. The summed E-state index contributed by atoms with van der Waals surface area (Å²) in [7, 11) is 0. The monoisotopic (exact) mass is 560 g/mol. The summed E-state index contributed by atoms with van der Waals surface area (Å²) in [4.78, 5) is 5.18. The third kappa shape index (κ3) is 5.75. The molecule has 0 radical (unpaired) electrons. The largest absolute Gasteiger partial charge is 0.292 e. The number of fused-ring (bicyclic) bond motifs is 6. The summed E-state index contributed by atoms with van der Waals surface area (Å²) < 4.78 is 2.49. The minimum absolute atomic E-state index is 0.191. The first-order chi connectivity index (χ1) is 19.6. The van der Waals surface area contributed by atoms with Gasteiger partial charge in [0.05, 0.1) is 17.4 Å². The maximum atomic E-state index is 5.18. The van der Waals surface area contributed by atoms with E-state index in [1.165, 1.54) is 60.8 Å². The van der Waals surface area contributed by atoms with Crippen LogP contribution in [0.3, 0.4) is 0 Å². The number of pyridine rings is 1. The molecule has 0 spiro atoms. The van der Waals surface area contributed by atoms with Crippen molar-refractivity contribution in [1.82, 2.24) is 9.38 Å². The van der Waals surface area contributed by atoms with Crippen LogP contribution in [0.25, 0.3) is 38.6 Å². The molecule has 0 amide bonds. The number of aromatic nitrogens is 2. The molecular formula is C40H52N2. The van der Waals surface area contributed by atoms with Gasteiger partial charge in [0, 0.05) is 16.3 Å². The standard InChI is InChI=1S/C40H52N2/c1-24(2)27-17-32(25(3)4)37(33(18-27)26(5)6)36-23-41-38-31-16-14-13-15-30(31)34-19-28(21-39(7,8)9)29(22-40(10,11)12)20-35(34)42(36)38/h13-20,23-26H,21-22H2,1-12H3. The molecular weight excluding hydrogens is 508 g/mol. The van der Waals surface area contributed by atoms with Crippen molar-refractivity contribution in [1.29, 1.82) is 0 Å². The molecule has 0 unspecified atom stereocenters. The van der Waals surface area contributed by atoms with Gasteiger partial charge in [-0.25, -0.2) is 4.98 Å². The average molecular weight is 561 g/mol. The average Bonchev–Trinajstić information content (AvgIpc) is 3.32. The molecule has 222 valence electrons. The molecule has 0 atom stereocenters. The Morgan fingerprint density at radius 1 is 0.643 bits per heavy atom. The predicted octanol–water partition coefficient (Wildman–Crippen LogP) is 11.9. The van der Waals surface area contributed by atoms with Crippen molar-refractivity contribution in [2.75, 3.05) is 0 Å². The number of nitrogens with zero attached hydrogens (tertiary/aromatic N) is 2. The Bertz CT molecular complexity index is 1730. The number of hydrogen-bond acceptors (Lipinski definition) is 1. The van der Waals surface area contributed by atoms with Crippen LogP contribution in [-0.2, 0) is 12.8 Å². The van der Waals surface area contributed by atoms with Crippen LogP contribution in [-0.4, -0.2) is 9.38 Å². The van der Waals surface area contributed by atoms with Crippen molar-refractivity contribution in [2.45, 2.75) is 114 Å². The SMILES string of the molecule is CC(C)c1cc(C(C)C)c(-c2cnc3c4ccccc4c4cc(CC(C)(C)C)c(CC(C)(C)C)cc4n23)c(C(C)C)c1. The molecule has 0 saturated heterocycles. The van der Waals surface area contributed by atoms with Crippen LogP contribution in [0.4, 0.5) is 0 Å². The van der Waals surface area contributed by atoms with Crippen molar-refractivity contribution < 1.29 is 0 Å². The Morgan fingerprint density at radius 2 is 1.17 bits per heavy atom. The fourth-order valence-corrected chi connectivity index (χ4v) is 6.68. The van der Waals surface area contributed by atoms with Gasteiger partial charge >= 0.3 is 0 Å². The third-order valence-electron chi connectivity index (χ3n) is 8.61. The van der Waals surface area contributed by atoms with Gasteiger partial charge in [0.25, 0.3) is 0 Å². The van der Waals surface area contributed by atoms with Crippen LogP contribution in [0.5, 0.6) is 0 Å². The summed E-state index contributed by atoms with van der Waals surface area (Å²) >= 11 is 0. The van der Waals surface area contributed by atoms with Crippen LogP contribution >= 0.6 is 0 Å². The summed E-state index contributed by atoms with van der Waals surface area (Å²) in [6, 6.07) is 18.8. The van der Waals surface area contributed by atoms with E-state index >= 15 is 0 Å². The van der Waals surface area contributed by atoms with Gasteiger partial charge in [-0.1, -0.05) is 119 Å². The molecule has 0 fully saturated rings. The molecule has 2 nitrogen and oxygen atoms in total. The van der Waals surface area contributed by atoms with Gasteiger partial charge in [-0.3, -0.25) is 4.40 Å². The number of rotatable bonds is 6. The smallest absolute Gasteiger partial charge is 0.145 e. The highest BCUT2D eigenvalue weighted by Gasteiger charge is 2.25. The van der Waals surface area contributed by atoms with Crippen LogP contribution in [0, 0.1) is 10.8 Å². The van der Waals surface area contributed by atoms with Crippen molar-refractivity contribution in [3.63, 3.8) is 0 Å². The van der Waals surface area contributed by atoms with E-state index in [0.29, 0.717) is 17.8 Å². The second-order valence-electron chi connectivity index (χ2n) is 16.0. The maximum absolute atomic E-state index is 5.18. The van der Waals surface area contributed by atoms with E-state index in [0.717, 1.165) is 18.5 Å². The fourth-order valence-electron chi connectivity index (χ4n) is 6.68. The Kier molecular flexibility index (Phi) is 7.84. The van der Waals surface area contributed by atoms with Crippen LogP contribution in [0.1, 0.15) is 129 Å². The van der Waals surface area contributed by atoms with Gasteiger partial charge < -0.3 is 0 Å². The molecule has 0 saturated carbocycles. The quantitative estimate of drug-likeness (QED) is 0.189. The van der Waals surface area contributed by atoms with E-state index in [9.17, 15) is 0 Å². The molecule has 0 N–H and O–H groups in total. The lowest BCUT2D eigenvalue weighted by Gasteiger charge is -2.26. The molecule has 42 heavy (non-hydrogen) atoms. The maximum Gasteiger partial charge on any atom is 0.145 e. The lowest BCUT2D eigenvalue weighted by Crippen LogP contribution is -2.15. The molecule has 0 aliphatic heterocycles. The second kappa shape index (κ2) is 10.9. The molecule has 0 bridgehead atoms. The zero-order valence-corrected chi connectivity index (χ0v) is 28.2. The third-order valence-corrected chi connectivity index (χ3v) is 8.61. The normalized spacial score (nSPS) is 13.1. The van der Waals surface area contributed by atoms with E-state index in [4.69, 9.17) is 4.98 Å². The molecule has 0 aliphatic rings. The zero-order valence-electron chi connectivity index (χ0n) is 28.2. The molecule has 2 heterocycles.